The zero-order chi connectivity index (χ0) is 23.2. The van der Waals surface area contributed by atoms with E-state index in [-0.39, 0.29) is 31.6 Å². The molecular formula is C30H24IrNO2-. The Labute approximate surface area is 213 Å². The predicted molar refractivity (Wildman–Crippen MR) is 136 cm³/mol. The maximum Gasteiger partial charge on any atom is 0.155 e. The number of carbonyl (C=O) groups is 1. The third-order valence-corrected chi connectivity index (χ3v) is 5.25. The van der Waals surface area contributed by atoms with Crippen molar-refractivity contribution in [3.63, 3.8) is 0 Å². The number of aliphatic hydroxyl groups is 1. The number of hydrogen-bond donors (Lipinski definition) is 1. The summed E-state index contributed by atoms with van der Waals surface area (Å²) in [6, 6.07) is 35.0. The Morgan fingerprint density at radius 2 is 1.56 bits per heavy atom. The van der Waals surface area contributed by atoms with Gasteiger partial charge in [-0.05, 0) is 52.7 Å². The molecule has 0 aliphatic heterocycles. The molecule has 4 aromatic carbocycles. The van der Waals surface area contributed by atoms with Gasteiger partial charge in [-0.1, -0.05) is 66.7 Å². The van der Waals surface area contributed by atoms with Gasteiger partial charge in [0.1, 0.15) is 0 Å². The standard InChI is InChI=1S/C25H16N.C5H8O2.Ir/c1-2-7-18(8-3-1)20-10-6-11-21(17-20)25-24-14-13-19-9-4-5-12-22(19)23(24)15-16-26-25;1-4(6)3-5(2)7;/h1-10,12-17H;3,6H,1-2H3;/q-1;;/b;4-3-;. The summed E-state index contributed by atoms with van der Waals surface area (Å²) >= 11 is 0. The molecule has 1 heterocycles. The Hall–Kier alpha value is -3.59. The molecule has 5 aromatic rings. The van der Waals surface area contributed by atoms with Gasteiger partial charge < -0.3 is 10.1 Å². The van der Waals surface area contributed by atoms with Gasteiger partial charge in [-0.3, -0.25) is 4.79 Å². The number of ketones is 1. The number of nitrogens with zero attached hydrogens (tertiary/aromatic N) is 1. The first-order chi connectivity index (χ1) is 16.0. The van der Waals surface area contributed by atoms with Crippen LogP contribution in [0.5, 0.6) is 0 Å². The van der Waals surface area contributed by atoms with Gasteiger partial charge in [0.15, 0.2) is 5.78 Å². The number of benzene rings is 4. The molecule has 0 aliphatic carbocycles. The Kier molecular flexibility index (Phi) is 8.48. The van der Waals surface area contributed by atoms with Crippen LogP contribution in [0.1, 0.15) is 13.8 Å². The van der Waals surface area contributed by atoms with Crippen LogP contribution >= 0.6 is 0 Å². The largest absolute Gasteiger partial charge is 0.512 e. The minimum absolute atomic E-state index is 0. The Morgan fingerprint density at radius 1 is 0.824 bits per heavy atom. The van der Waals surface area contributed by atoms with Crippen molar-refractivity contribution in [1.29, 1.82) is 0 Å². The molecule has 0 amide bonds. The van der Waals surface area contributed by atoms with Crippen LogP contribution < -0.4 is 0 Å². The molecule has 1 N–H and O–H groups in total. The Morgan fingerprint density at radius 3 is 2.26 bits per heavy atom. The molecule has 1 radical (unpaired) electrons. The molecule has 0 fully saturated rings. The van der Waals surface area contributed by atoms with Crippen LogP contribution in [0.25, 0.3) is 43.9 Å². The second kappa shape index (κ2) is 11.5. The summed E-state index contributed by atoms with van der Waals surface area (Å²) in [6.07, 6.45) is 3.06. The monoisotopic (exact) mass is 623 g/mol. The molecule has 5 rings (SSSR count). The molecule has 0 atom stereocenters. The number of fused-ring (bicyclic) bond motifs is 3. The van der Waals surface area contributed by atoms with Crippen molar-refractivity contribution < 1.29 is 30.0 Å². The summed E-state index contributed by atoms with van der Waals surface area (Å²) in [5.41, 5.74) is 4.38. The molecular weight excluding hydrogens is 599 g/mol. The van der Waals surface area contributed by atoms with Crippen LogP contribution in [0, 0.1) is 6.07 Å². The van der Waals surface area contributed by atoms with Crippen LogP contribution in [-0.2, 0) is 24.9 Å². The molecule has 0 saturated heterocycles. The van der Waals surface area contributed by atoms with Gasteiger partial charge in [-0.2, -0.15) is 0 Å². The van der Waals surface area contributed by atoms with Crippen molar-refractivity contribution in [3.8, 4) is 22.4 Å². The third-order valence-electron chi connectivity index (χ3n) is 5.25. The number of aliphatic hydroxyl groups excluding tert-OH is 1. The number of pyridine rings is 1. The first-order valence-corrected chi connectivity index (χ1v) is 10.7. The summed E-state index contributed by atoms with van der Waals surface area (Å²) in [5.74, 6) is -0.0625. The molecule has 4 heteroatoms. The molecule has 1 aromatic heterocycles. The molecule has 0 aliphatic rings. The minimum Gasteiger partial charge on any atom is -0.512 e. The van der Waals surface area contributed by atoms with Gasteiger partial charge in [0.05, 0.1) is 5.76 Å². The van der Waals surface area contributed by atoms with E-state index >= 15 is 0 Å². The first kappa shape index (κ1) is 25.0. The summed E-state index contributed by atoms with van der Waals surface area (Å²) in [4.78, 5) is 14.7. The van der Waals surface area contributed by atoms with E-state index in [9.17, 15) is 4.79 Å². The van der Waals surface area contributed by atoms with E-state index in [1.165, 1.54) is 47.2 Å². The summed E-state index contributed by atoms with van der Waals surface area (Å²) < 4.78 is 0. The smallest absolute Gasteiger partial charge is 0.155 e. The summed E-state index contributed by atoms with van der Waals surface area (Å²) in [6.45, 7) is 2.85. The van der Waals surface area contributed by atoms with E-state index < -0.39 is 0 Å². The summed E-state index contributed by atoms with van der Waals surface area (Å²) in [5, 5.41) is 13.3. The molecule has 3 nitrogen and oxygen atoms in total. The maximum absolute atomic E-state index is 10.0. The fourth-order valence-electron chi connectivity index (χ4n) is 3.86. The van der Waals surface area contributed by atoms with E-state index in [0.29, 0.717) is 0 Å². The van der Waals surface area contributed by atoms with E-state index in [2.05, 4.69) is 89.9 Å². The number of allylic oxidation sites excluding steroid dienone is 2. The van der Waals surface area contributed by atoms with Crippen LogP contribution in [0.15, 0.2) is 109 Å². The second-order valence-corrected chi connectivity index (χ2v) is 7.79. The topological polar surface area (TPSA) is 50.2 Å². The van der Waals surface area contributed by atoms with Crippen molar-refractivity contribution in [2.45, 2.75) is 13.8 Å². The van der Waals surface area contributed by atoms with Crippen LogP contribution in [0.2, 0.25) is 0 Å². The van der Waals surface area contributed by atoms with Gasteiger partial charge in [-0.15, -0.1) is 35.4 Å². The molecule has 0 saturated carbocycles. The molecule has 0 unspecified atom stereocenters. The number of aromatic nitrogens is 1. The van der Waals surface area contributed by atoms with E-state index in [1.807, 2.05) is 18.3 Å². The van der Waals surface area contributed by atoms with E-state index in [4.69, 9.17) is 5.11 Å². The van der Waals surface area contributed by atoms with Gasteiger partial charge in [0.2, 0.25) is 0 Å². The van der Waals surface area contributed by atoms with Gasteiger partial charge in [0, 0.05) is 32.4 Å². The quantitative estimate of drug-likeness (QED) is 0.0978. The molecule has 0 spiro atoms. The normalized spacial score (nSPS) is 10.8. The predicted octanol–water partition coefficient (Wildman–Crippen LogP) is 7.56. The second-order valence-electron chi connectivity index (χ2n) is 7.79. The Bertz CT molecular complexity index is 1460. The van der Waals surface area contributed by atoms with Gasteiger partial charge >= 0.3 is 0 Å². The zero-order valence-corrected chi connectivity index (χ0v) is 21.3. The average molecular weight is 623 g/mol. The fraction of sp³-hybridized carbons (Fsp3) is 0.0667. The minimum atomic E-state index is -0.125. The SMILES string of the molecule is CC(=O)/C=C(/C)O.[Ir].[c-]1ccc(-c2ccccc2)cc1-c1nccc2c1ccc1ccccc12. The number of carbonyl (C=O) groups excluding carboxylic acids is 1. The van der Waals surface area contributed by atoms with Crippen LogP contribution in [-0.4, -0.2) is 15.9 Å². The van der Waals surface area contributed by atoms with Gasteiger partial charge in [0.25, 0.3) is 0 Å². The van der Waals surface area contributed by atoms with Crippen molar-refractivity contribution in [3.05, 3.63) is 115 Å². The van der Waals surface area contributed by atoms with Gasteiger partial charge in [-0.25, -0.2) is 0 Å². The first-order valence-electron chi connectivity index (χ1n) is 10.7. The van der Waals surface area contributed by atoms with Crippen molar-refractivity contribution in [1.82, 2.24) is 4.98 Å². The number of rotatable bonds is 3. The van der Waals surface area contributed by atoms with E-state index in [0.717, 1.165) is 16.6 Å². The zero-order valence-electron chi connectivity index (χ0n) is 19.0. The maximum atomic E-state index is 10.0. The third kappa shape index (κ3) is 5.85. The average Bonchev–Trinajstić information content (AvgIpc) is 2.84. The van der Waals surface area contributed by atoms with Crippen molar-refractivity contribution in [2.75, 3.05) is 0 Å². The van der Waals surface area contributed by atoms with Crippen LogP contribution in [0.4, 0.5) is 0 Å². The van der Waals surface area contributed by atoms with Crippen LogP contribution in [0.3, 0.4) is 0 Å². The summed E-state index contributed by atoms with van der Waals surface area (Å²) in [7, 11) is 0. The molecule has 34 heavy (non-hydrogen) atoms. The molecule has 171 valence electrons. The Balaban J connectivity index is 0.000000357. The fourth-order valence-corrected chi connectivity index (χ4v) is 3.86. The number of hydrogen-bond acceptors (Lipinski definition) is 3. The van der Waals surface area contributed by atoms with Crippen molar-refractivity contribution in [2.24, 2.45) is 0 Å². The van der Waals surface area contributed by atoms with E-state index in [1.54, 1.807) is 0 Å². The van der Waals surface area contributed by atoms with Crippen molar-refractivity contribution >= 4 is 27.3 Å². The molecule has 0 bridgehead atoms.